The molecule has 0 amide bonds. The van der Waals surface area contributed by atoms with Gasteiger partial charge in [-0.1, -0.05) is 24.3 Å². The van der Waals surface area contributed by atoms with Crippen molar-refractivity contribution in [2.75, 3.05) is 13.2 Å². The Labute approximate surface area is 160 Å². The second-order valence-electron chi connectivity index (χ2n) is 6.55. The largest absolute Gasteiger partial charge is 0.377 e. The van der Waals surface area contributed by atoms with Crippen molar-refractivity contribution in [1.29, 1.82) is 5.26 Å². The van der Waals surface area contributed by atoms with Crippen LogP contribution >= 0.6 is 0 Å². The molecular weight excluding hydrogens is 362 g/mol. The van der Waals surface area contributed by atoms with E-state index >= 15 is 0 Å². The highest BCUT2D eigenvalue weighted by Gasteiger charge is 2.20. The maximum atomic E-state index is 12.4. The summed E-state index contributed by atoms with van der Waals surface area (Å²) in [7, 11) is -3.52. The number of ether oxygens (including phenoxy) is 1. The lowest BCUT2D eigenvalue weighted by molar-refractivity contribution is 0.114. The van der Waals surface area contributed by atoms with Gasteiger partial charge in [-0.3, -0.25) is 0 Å². The molecule has 0 aliphatic carbocycles. The Balaban J connectivity index is 1.51. The first-order chi connectivity index (χ1) is 13.1. The molecule has 0 bridgehead atoms. The molecule has 1 fully saturated rings. The van der Waals surface area contributed by atoms with Crippen LogP contribution in [0.2, 0.25) is 0 Å². The Kier molecular flexibility index (Phi) is 6.58. The summed E-state index contributed by atoms with van der Waals surface area (Å²) in [5.41, 5.74) is 2.66. The van der Waals surface area contributed by atoms with Crippen LogP contribution < -0.4 is 10.0 Å². The summed E-state index contributed by atoms with van der Waals surface area (Å²) in [4.78, 5) is 0.256. The fraction of sp³-hybridized carbons (Fsp3) is 0.350. The first-order valence-corrected chi connectivity index (χ1v) is 10.4. The van der Waals surface area contributed by atoms with Crippen LogP contribution in [-0.2, 0) is 27.8 Å². The van der Waals surface area contributed by atoms with Crippen molar-refractivity contribution in [2.45, 2.75) is 36.9 Å². The Morgan fingerprint density at radius 3 is 2.59 bits per heavy atom. The average molecular weight is 385 g/mol. The number of benzene rings is 2. The van der Waals surface area contributed by atoms with E-state index < -0.39 is 10.0 Å². The van der Waals surface area contributed by atoms with Crippen molar-refractivity contribution in [2.24, 2.45) is 0 Å². The average Bonchev–Trinajstić information content (AvgIpc) is 3.21. The molecule has 142 valence electrons. The van der Waals surface area contributed by atoms with Crippen LogP contribution in [0.25, 0.3) is 0 Å². The fourth-order valence-electron chi connectivity index (χ4n) is 2.98. The van der Waals surface area contributed by atoms with Crippen LogP contribution in [-0.4, -0.2) is 27.7 Å². The lowest BCUT2D eigenvalue weighted by Gasteiger charge is -2.12. The third-order valence-corrected chi connectivity index (χ3v) is 5.91. The Morgan fingerprint density at radius 1 is 1.11 bits per heavy atom. The molecule has 1 atom stereocenters. The minimum Gasteiger partial charge on any atom is -0.377 e. The zero-order valence-corrected chi connectivity index (χ0v) is 15.8. The molecule has 2 aromatic carbocycles. The number of sulfonamides is 1. The van der Waals surface area contributed by atoms with Crippen molar-refractivity contribution in [3.63, 3.8) is 0 Å². The Hall–Kier alpha value is -2.24. The van der Waals surface area contributed by atoms with Crippen LogP contribution in [0.3, 0.4) is 0 Å². The van der Waals surface area contributed by atoms with Crippen molar-refractivity contribution >= 4 is 10.0 Å². The van der Waals surface area contributed by atoms with Gasteiger partial charge < -0.3 is 10.1 Å². The molecule has 3 rings (SSSR count). The van der Waals surface area contributed by atoms with Gasteiger partial charge in [-0.15, -0.1) is 0 Å². The lowest BCUT2D eigenvalue weighted by Crippen LogP contribution is -2.31. The van der Waals surface area contributed by atoms with Gasteiger partial charge in [-0.05, 0) is 48.2 Å². The van der Waals surface area contributed by atoms with E-state index in [2.05, 4.69) is 16.1 Å². The molecule has 0 radical (unpaired) electrons. The normalized spacial score (nSPS) is 16.9. The first kappa shape index (κ1) is 19.5. The van der Waals surface area contributed by atoms with Crippen LogP contribution in [0, 0.1) is 11.3 Å². The SMILES string of the molecule is N#Cc1cccc(CNCc2ccc(S(=O)(=O)NCC3CCCO3)cc2)c1. The molecular formula is C20H23N3O3S. The van der Waals surface area contributed by atoms with Gasteiger partial charge in [0.1, 0.15) is 0 Å². The molecule has 6 nitrogen and oxygen atoms in total. The van der Waals surface area contributed by atoms with Gasteiger partial charge in [0, 0.05) is 26.2 Å². The predicted octanol–water partition coefficient (Wildman–Crippen LogP) is 2.31. The van der Waals surface area contributed by atoms with Gasteiger partial charge in [0.25, 0.3) is 0 Å². The molecule has 1 aliphatic rings. The summed E-state index contributed by atoms with van der Waals surface area (Å²) >= 11 is 0. The summed E-state index contributed by atoms with van der Waals surface area (Å²) in [6.45, 7) is 2.27. The van der Waals surface area contributed by atoms with E-state index in [-0.39, 0.29) is 11.0 Å². The molecule has 27 heavy (non-hydrogen) atoms. The van der Waals surface area contributed by atoms with Crippen LogP contribution in [0.4, 0.5) is 0 Å². The maximum Gasteiger partial charge on any atom is 0.240 e. The third-order valence-electron chi connectivity index (χ3n) is 4.47. The maximum absolute atomic E-state index is 12.4. The van der Waals surface area contributed by atoms with E-state index in [4.69, 9.17) is 10.00 Å². The molecule has 1 unspecified atom stereocenters. The van der Waals surface area contributed by atoms with Crippen LogP contribution in [0.1, 0.15) is 29.5 Å². The van der Waals surface area contributed by atoms with E-state index in [1.165, 1.54) is 0 Å². The zero-order valence-electron chi connectivity index (χ0n) is 15.0. The van der Waals surface area contributed by atoms with E-state index in [1.54, 1.807) is 30.3 Å². The fourth-order valence-corrected chi connectivity index (χ4v) is 4.05. The molecule has 2 N–H and O–H groups in total. The summed E-state index contributed by atoms with van der Waals surface area (Å²) in [5, 5.41) is 12.2. The smallest absolute Gasteiger partial charge is 0.240 e. The molecule has 2 aromatic rings. The summed E-state index contributed by atoms with van der Waals surface area (Å²) in [6.07, 6.45) is 1.85. The van der Waals surface area contributed by atoms with E-state index in [9.17, 15) is 8.42 Å². The van der Waals surface area contributed by atoms with Gasteiger partial charge in [-0.25, -0.2) is 13.1 Å². The zero-order chi connectivity index (χ0) is 19.1. The molecule has 1 heterocycles. The molecule has 7 heteroatoms. The summed E-state index contributed by atoms with van der Waals surface area (Å²) < 4.78 is 32.8. The van der Waals surface area contributed by atoms with Crippen LogP contribution in [0.5, 0.6) is 0 Å². The second-order valence-corrected chi connectivity index (χ2v) is 8.31. The van der Waals surface area contributed by atoms with Gasteiger partial charge >= 0.3 is 0 Å². The topological polar surface area (TPSA) is 91.2 Å². The predicted molar refractivity (Wildman–Crippen MR) is 102 cm³/mol. The van der Waals surface area contributed by atoms with E-state index in [1.807, 2.05) is 18.2 Å². The molecule has 0 saturated carbocycles. The van der Waals surface area contributed by atoms with Crippen molar-refractivity contribution in [3.05, 3.63) is 65.2 Å². The number of nitrogens with one attached hydrogen (secondary N) is 2. The van der Waals surface area contributed by atoms with Crippen molar-refractivity contribution in [1.82, 2.24) is 10.0 Å². The summed E-state index contributed by atoms with van der Waals surface area (Å²) in [6, 6.07) is 16.4. The molecule has 0 spiro atoms. The third kappa shape index (κ3) is 5.62. The first-order valence-electron chi connectivity index (χ1n) is 8.97. The van der Waals surface area contributed by atoms with Gasteiger partial charge in [-0.2, -0.15) is 5.26 Å². The number of rotatable bonds is 8. The van der Waals surface area contributed by atoms with Gasteiger partial charge in [0.05, 0.1) is 22.6 Å². The van der Waals surface area contributed by atoms with Crippen LogP contribution in [0.15, 0.2) is 53.4 Å². The monoisotopic (exact) mass is 385 g/mol. The highest BCUT2D eigenvalue weighted by molar-refractivity contribution is 7.89. The van der Waals surface area contributed by atoms with Crippen molar-refractivity contribution in [3.8, 4) is 6.07 Å². The number of hydrogen-bond donors (Lipinski definition) is 2. The molecule has 1 aliphatic heterocycles. The standard InChI is InChI=1S/C20H23N3O3S/c21-12-17-3-1-4-18(11-17)14-22-13-16-6-8-20(9-7-16)27(24,25)23-15-19-5-2-10-26-19/h1,3-4,6-9,11,19,22-23H,2,5,10,13-15H2. The number of nitrogens with zero attached hydrogens (tertiary/aromatic N) is 1. The van der Waals surface area contributed by atoms with E-state index in [0.717, 1.165) is 24.0 Å². The lowest BCUT2D eigenvalue weighted by atomic mass is 10.1. The molecule has 0 aromatic heterocycles. The Morgan fingerprint density at radius 2 is 1.89 bits per heavy atom. The quantitative estimate of drug-likeness (QED) is 0.728. The minimum atomic E-state index is -3.52. The highest BCUT2D eigenvalue weighted by atomic mass is 32.2. The number of nitriles is 1. The summed E-state index contributed by atoms with van der Waals surface area (Å²) in [5.74, 6) is 0. The number of hydrogen-bond acceptors (Lipinski definition) is 5. The second kappa shape index (κ2) is 9.11. The van der Waals surface area contributed by atoms with Gasteiger partial charge in [0.15, 0.2) is 0 Å². The highest BCUT2D eigenvalue weighted by Crippen LogP contribution is 2.14. The van der Waals surface area contributed by atoms with Crippen molar-refractivity contribution < 1.29 is 13.2 Å². The Bertz CT molecular complexity index is 899. The van der Waals surface area contributed by atoms with Gasteiger partial charge in [0.2, 0.25) is 10.0 Å². The molecule has 1 saturated heterocycles. The van der Waals surface area contributed by atoms with E-state index in [0.29, 0.717) is 31.8 Å². The minimum absolute atomic E-state index is 0.0252.